The van der Waals surface area contributed by atoms with Gasteiger partial charge in [-0.1, -0.05) is 184 Å². The van der Waals surface area contributed by atoms with Crippen molar-refractivity contribution in [1.82, 2.24) is 0 Å². The van der Waals surface area contributed by atoms with Crippen LogP contribution in [-0.2, 0) is 10.8 Å². The first-order chi connectivity index (χ1) is 31.5. The molecule has 0 fully saturated rings. The fourth-order valence-electron chi connectivity index (χ4n) is 12.1. The fourth-order valence-corrected chi connectivity index (χ4v) is 12.1. The zero-order valence-corrected chi connectivity index (χ0v) is 35.6. The van der Waals surface area contributed by atoms with Crippen LogP contribution in [0, 0.1) is 0 Å². The van der Waals surface area contributed by atoms with Crippen LogP contribution in [0.15, 0.2) is 217 Å². The lowest BCUT2D eigenvalue weighted by Gasteiger charge is -2.33. The molecular formula is C62H41NO. The van der Waals surface area contributed by atoms with Crippen molar-refractivity contribution in [2.24, 2.45) is 0 Å². The zero-order valence-electron chi connectivity index (χ0n) is 35.6. The van der Waals surface area contributed by atoms with Crippen LogP contribution in [0.5, 0.6) is 0 Å². The van der Waals surface area contributed by atoms with Gasteiger partial charge in [0.2, 0.25) is 0 Å². The highest BCUT2D eigenvalue weighted by Gasteiger charge is 2.52. The Kier molecular flexibility index (Phi) is 7.13. The van der Waals surface area contributed by atoms with Gasteiger partial charge in [0.1, 0.15) is 11.2 Å². The van der Waals surface area contributed by atoms with Gasteiger partial charge < -0.3 is 9.32 Å². The van der Waals surface area contributed by atoms with Crippen LogP contribution < -0.4 is 4.90 Å². The predicted octanol–water partition coefficient (Wildman–Crippen LogP) is 16.5. The number of fused-ring (bicyclic) bond motifs is 18. The Labute approximate surface area is 372 Å². The summed E-state index contributed by atoms with van der Waals surface area (Å²) < 4.78 is 6.63. The molecule has 0 bridgehead atoms. The van der Waals surface area contributed by atoms with Crippen LogP contribution in [-0.4, -0.2) is 0 Å². The first-order valence-electron chi connectivity index (χ1n) is 22.4. The lowest BCUT2D eigenvalue weighted by atomic mass is 9.70. The van der Waals surface area contributed by atoms with E-state index in [1.54, 1.807) is 0 Å². The van der Waals surface area contributed by atoms with E-state index in [-0.39, 0.29) is 5.41 Å². The highest BCUT2D eigenvalue weighted by Crippen LogP contribution is 2.65. The number of hydrogen-bond donors (Lipinski definition) is 0. The van der Waals surface area contributed by atoms with Crippen LogP contribution in [0.3, 0.4) is 0 Å². The van der Waals surface area contributed by atoms with Gasteiger partial charge in [-0.05, 0) is 115 Å². The van der Waals surface area contributed by atoms with Crippen LogP contribution >= 0.6 is 0 Å². The highest BCUT2D eigenvalue weighted by atomic mass is 16.3. The molecule has 1 heterocycles. The molecule has 1 aromatic heterocycles. The van der Waals surface area contributed by atoms with Crippen LogP contribution in [0.2, 0.25) is 0 Å². The van der Waals surface area contributed by atoms with Crippen LogP contribution in [0.25, 0.3) is 77.2 Å². The maximum absolute atomic E-state index is 6.63. The summed E-state index contributed by atoms with van der Waals surface area (Å²) in [5, 5.41) is 4.56. The van der Waals surface area contributed by atoms with Crippen molar-refractivity contribution < 1.29 is 4.42 Å². The van der Waals surface area contributed by atoms with Gasteiger partial charge >= 0.3 is 0 Å². The Morgan fingerprint density at radius 3 is 1.72 bits per heavy atom. The minimum absolute atomic E-state index is 0.169. The first kappa shape index (κ1) is 35.6. The molecule has 0 aliphatic heterocycles. The van der Waals surface area contributed by atoms with E-state index >= 15 is 0 Å². The van der Waals surface area contributed by atoms with Gasteiger partial charge in [-0.2, -0.15) is 0 Å². The summed E-state index contributed by atoms with van der Waals surface area (Å²) in [4.78, 5) is 2.56. The summed E-state index contributed by atoms with van der Waals surface area (Å²) >= 11 is 0. The van der Waals surface area contributed by atoms with Gasteiger partial charge in [-0.3, -0.25) is 0 Å². The minimum Gasteiger partial charge on any atom is -0.455 e. The minimum atomic E-state index is -0.459. The second kappa shape index (κ2) is 12.8. The third kappa shape index (κ3) is 4.54. The molecule has 0 saturated carbocycles. The van der Waals surface area contributed by atoms with Gasteiger partial charge in [0.05, 0.1) is 16.8 Å². The Morgan fingerprint density at radius 1 is 0.375 bits per heavy atom. The lowest BCUT2D eigenvalue weighted by Crippen LogP contribution is -2.26. The molecule has 0 N–H and O–H groups in total. The molecule has 300 valence electrons. The van der Waals surface area contributed by atoms with Crippen molar-refractivity contribution >= 4 is 49.8 Å². The van der Waals surface area contributed by atoms with E-state index in [0.717, 1.165) is 55.5 Å². The maximum Gasteiger partial charge on any atom is 0.143 e. The smallest absolute Gasteiger partial charge is 0.143 e. The van der Waals surface area contributed by atoms with Gasteiger partial charge in [0, 0.05) is 38.4 Å². The summed E-state index contributed by atoms with van der Waals surface area (Å²) in [6, 6.07) is 79.1. The molecule has 0 unspecified atom stereocenters. The SMILES string of the molecule is CC1(C)c2ccccc2-c2ccc(N(c3ccccc3-c3ccc4oc5c6ccccc6ccc5c4c3)c3cccc4c3-c3ccccc3C43c4ccccc4-c4ccccc43)cc21. The van der Waals surface area contributed by atoms with Crippen molar-refractivity contribution in [3.05, 3.63) is 246 Å². The Hall–Kier alpha value is -7.94. The molecule has 0 saturated heterocycles. The van der Waals surface area contributed by atoms with Crippen molar-refractivity contribution in [1.29, 1.82) is 0 Å². The standard InChI is InChI=1S/C62H41NO/c1-61(2)50-23-10-5-19-43(50)46-34-32-40(37-55(46)61)63(56-28-14-9-17-41(56)39-31-35-58-49(36-39)47-33-30-38-16-3-4-18-42(38)60(47)64-58)57-29-15-27-54-59(57)48-22-8-13-26-53(48)62(54)51-24-11-6-20-44(51)45-21-7-12-25-52(45)62/h3-37H,1-2H3. The zero-order chi connectivity index (χ0) is 42.3. The number of nitrogens with zero attached hydrogens (tertiary/aromatic N) is 1. The number of rotatable bonds is 4. The molecule has 10 aromatic carbocycles. The first-order valence-corrected chi connectivity index (χ1v) is 22.4. The lowest BCUT2D eigenvalue weighted by molar-refractivity contribution is 0.660. The predicted molar refractivity (Wildman–Crippen MR) is 265 cm³/mol. The number of hydrogen-bond acceptors (Lipinski definition) is 2. The van der Waals surface area contributed by atoms with E-state index in [2.05, 4.69) is 231 Å². The van der Waals surface area contributed by atoms with Crippen molar-refractivity contribution in [3.8, 4) is 44.5 Å². The second-order valence-corrected chi connectivity index (χ2v) is 18.3. The number of para-hydroxylation sites is 1. The molecule has 0 amide bonds. The van der Waals surface area contributed by atoms with Gasteiger partial charge in [0.25, 0.3) is 0 Å². The van der Waals surface area contributed by atoms with Crippen molar-refractivity contribution in [3.63, 3.8) is 0 Å². The average molecular weight is 816 g/mol. The van der Waals surface area contributed by atoms with E-state index < -0.39 is 5.41 Å². The summed E-state index contributed by atoms with van der Waals surface area (Å²) in [5.41, 5.74) is 22.7. The van der Waals surface area contributed by atoms with Crippen molar-refractivity contribution in [2.45, 2.75) is 24.7 Å². The van der Waals surface area contributed by atoms with Crippen LogP contribution in [0.1, 0.15) is 47.2 Å². The number of anilines is 3. The molecule has 0 radical (unpaired) electrons. The summed E-state index contributed by atoms with van der Waals surface area (Å²) in [5.74, 6) is 0. The molecule has 14 rings (SSSR count). The monoisotopic (exact) mass is 815 g/mol. The van der Waals surface area contributed by atoms with Crippen molar-refractivity contribution in [2.75, 3.05) is 4.90 Å². The topological polar surface area (TPSA) is 16.4 Å². The Morgan fingerprint density at radius 2 is 0.953 bits per heavy atom. The molecule has 2 nitrogen and oxygen atoms in total. The van der Waals surface area contributed by atoms with E-state index in [9.17, 15) is 0 Å². The Bertz CT molecular complexity index is 3740. The maximum atomic E-state index is 6.63. The third-order valence-corrected chi connectivity index (χ3v) is 14.9. The Balaban J connectivity index is 1.05. The quantitative estimate of drug-likeness (QED) is 0.176. The van der Waals surface area contributed by atoms with Crippen LogP contribution in [0.4, 0.5) is 17.1 Å². The second-order valence-electron chi connectivity index (χ2n) is 18.3. The highest BCUT2D eigenvalue weighted by molar-refractivity contribution is 6.16. The van der Waals surface area contributed by atoms with E-state index in [1.165, 1.54) is 72.1 Å². The molecule has 1 spiro atoms. The summed E-state index contributed by atoms with van der Waals surface area (Å²) in [7, 11) is 0. The molecule has 64 heavy (non-hydrogen) atoms. The number of benzene rings is 10. The fraction of sp³-hybridized carbons (Fsp3) is 0.0645. The molecule has 3 aliphatic carbocycles. The third-order valence-electron chi connectivity index (χ3n) is 14.9. The van der Waals surface area contributed by atoms with E-state index in [0.29, 0.717) is 0 Å². The normalized spacial score (nSPS) is 14.3. The molecule has 2 heteroatoms. The van der Waals surface area contributed by atoms with Gasteiger partial charge in [0.15, 0.2) is 0 Å². The molecule has 0 atom stereocenters. The molecule has 11 aromatic rings. The number of furan rings is 1. The summed E-state index contributed by atoms with van der Waals surface area (Å²) in [6.45, 7) is 4.76. The largest absolute Gasteiger partial charge is 0.455 e. The summed E-state index contributed by atoms with van der Waals surface area (Å²) in [6.07, 6.45) is 0. The average Bonchev–Trinajstić information content (AvgIpc) is 4.04. The van der Waals surface area contributed by atoms with E-state index in [1.807, 2.05) is 0 Å². The van der Waals surface area contributed by atoms with E-state index in [4.69, 9.17) is 4.42 Å². The van der Waals surface area contributed by atoms with Gasteiger partial charge in [-0.25, -0.2) is 0 Å². The molecular weight excluding hydrogens is 775 g/mol. The van der Waals surface area contributed by atoms with Gasteiger partial charge in [-0.15, -0.1) is 0 Å². The molecule has 3 aliphatic rings.